The van der Waals surface area contributed by atoms with Gasteiger partial charge in [0.1, 0.15) is 10.2 Å². The molecule has 3 rings (SSSR count). The van der Waals surface area contributed by atoms with Crippen molar-refractivity contribution < 1.29 is 4.39 Å². The highest BCUT2D eigenvalue weighted by Gasteiger charge is 2.51. The van der Waals surface area contributed by atoms with E-state index < -0.39 is 4.33 Å². The number of nitrogens with two attached hydrogens (primary N) is 1. The highest BCUT2D eigenvalue weighted by atomic mass is 35.5. The van der Waals surface area contributed by atoms with Crippen LogP contribution in [-0.4, -0.2) is 25.0 Å². The molecule has 106 valence electrons. The fourth-order valence-electron chi connectivity index (χ4n) is 1.83. The summed E-state index contributed by atoms with van der Waals surface area (Å²) < 4.78 is 14.4. The van der Waals surface area contributed by atoms with Gasteiger partial charge in [-0.15, -0.1) is 33.4 Å². The zero-order valence-electron chi connectivity index (χ0n) is 10.3. The maximum absolute atomic E-state index is 13.7. The molecule has 0 spiro atoms. The van der Waals surface area contributed by atoms with Crippen LogP contribution in [0.3, 0.4) is 0 Å². The van der Waals surface area contributed by atoms with Crippen molar-refractivity contribution in [2.24, 2.45) is 5.92 Å². The van der Waals surface area contributed by atoms with Gasteiger partial charge in [-0.2, -0.15) is 0 Å². The average Bonchev–Trinajstić information content (AvgIpc) is 2.85. The van der Waals surface area contributed by atoms with E-state index in [0.29, 0.717) is 22.3 Å². The predicted molar refractivity (Wildman–Crippen MR) is 78.8 cm³/mol. The molecule has 2 N–H and O–H groups in total. The number of benzene rings is 1. The Labute approximate surface area is 129 Å². The highest BCUT2D eigenvalue weighted by molar-refractivity contribution is 7.99. The third-order valence-corrected chi connectivity index (χ3v) is 5.18. The van der Waals surface area contributed by atoms with E-state index in [1.807, 2.05) is 0 Å². The van der Waals surface area contributed by atoms with E-state index in [-0.39, 0.29) is 11.7 Å². The molecule has 20 heavy (non-hydrogen) atoms. The standard InChI is InChI=1S/C12H11Cl2FN4S/c13-12(14)5-7(12)6-20-11-18-17-10(19(11)16)8-3-1-2-4-9(8)15/h1-4,7H,5-6,16H2/t7-/m0/s1. The molecule has 0 aliphatic heterocycles. The topological polar surface area (TPSA) is 56.7 Å². The van der Waals surface area contributed by atoms with Gasteiger partial charge >= 0.3 is 0 Å². The molecule has 2 aromatic rings. The van der Waals surface area contributed by atoms with Gasteiger partial charge in [-0.3, -0.25) is 0 Å². The number of nitrogen functional groups attached to an aromatic ring is 1. The lowest BCUT2D eigenvalue weighted by atomic mass is 10.2. The molecule has 0 unspecified atom stereocenters. The fraction of sp³-hybridized carbons (Fsp3) is 0.333. The normalized spacial score (nSPS) is 20.1. The summed E-state index contributed by atoms with van der Waals surface area (Å²) in [4.78, 5) is 0. The number of hydrogen-bond donors (Lipinski definition) is 1. The van der Waals surface area contributed by atoms with E-state index >= 15 is 0 Å². The summed E-state index contributed by atoms with van der Waals surface area (Å²) in [7, 11) is 0. The summed E-state index contributed by atoms with van der Waals surface area (Å²) in [6, 6.07) is 6.30. The summed E-state index contributed by atoms with van der Waals surface area (Å²) in [6.07, 6.45) is 0.766. The first-order valence-corrected chi connectivity index (χ1v) is 7.69. The van der Waals surface area contributed by atoms with E-state index in [4.69, 9.17) is 29.0 Å². The van der Waals surface area contributed by atoms with E-state index in [1.165, 1.54) is 22.5 Å². The van der Waals surface area contributed by atoms with Crippen molar-refractivity contribution in [3.8, 4) is 11.4 Å². The molecule has 0 amide bonds. The molecule has 1 heterocycles. The van der Waals surface area contributed by atoms with Gasteiger partial charge < -0.3 is 5.84 Å². The van der Waals surface area contributed by atoms with Gasteiger partial charge in [-0.05, 0) is 18.6 Å². The van der Waals surface area contributed by atoms with Gasteiger partial charge in [-0.25, -0.2) is 9.07 Å². The van der Waals surface area contributed by atoms with Crippen LogP contribution in [-0.2, 0) is 0 Å². The van der Waals surface area contributed by atoms with Gasteiger partial charge in [0.05, 0.1) is 5.56 Å². The molecule has 1 fully saturated rings. The van der Waals surface area contributed by atoms with Crippen molar-refractivity contribution in [2.45, 2.75) is 15.9 Å². The van der Waals surface area contributed by atoms with Crippen LogP contribution < -0.4 is 5.84 Å². The first kappa shape index (κ1) is 14.0. The lowest BCUT2D eigenvalue weighted by Crippen LogP contribution is -2.12. The number of halogens is 3. The summed E-state index contributed by atoms with van der Waals surface area (Å²) >= 11 is 13.3. The first-order chi connectivity index (χ1) is 9.49. The molecule has 1 aromatic carbocycles. The maximum Gasteiger partial charge on any atom is 0.210 e. The zero-order chi connectivity index (χ0) is 14.3. The van der Waals surface area contributed by atoms with Crippen LogP contribution in [0, 0.1) is 11.7 Å². The summed E-state index contributed by atoms with van der Waals surface area (Å²) in [6.45, 7) is 0. The van der Waals surface area contributed by atoms with E-state index in [1.54, 1.807) is 18.2 Å². The molecule has 1 atom stereocenters. The molecule has 8 heteroatoms. The zero-order valence-corrected chi connectivity index (χ0v) is 12.6. The van der Waals surface area contributed by atoms with Crippen molar-refractivity contribution in [3.05, 3.63) is 30.1 Å². The molecular formula is C12H11Cl2FN4S. The lowest BCUT2D eigenvalue weighted by Gasteiger charge is -2.04. The van der Waals surface area contributed by atoms with Crippen molar-refractivity contribution in [3.63, 3.8) is 0 Å². The molecule has 4 nitrogen and oxygen atoms in total. The Morgan fingerprint density at radius 3 is 2.75 bits per heavy atom. The second-order valence-corrected chi connectivity index (χ2v) is 7.16. The average molecular weight is 333 g/mol. The Kier molecular flexibility index (Phi) is 3.56. The maximum atomic E-state index is 13.7. The van der Waals surface area contributed by atoms with Crippen LogP contribution in [0.4, 0.5) is 4.39 Å². The summed E-state index contributed by atoms with van der Waals surface area (Å²) in [5, 5.41) is 8.43. The van der Waals surface area contributed by atoms with Crippen LogP contribution in [0.25, 0.3) is 11.4 Å². The molecule has 1 aliphatic rings. The van der Waals surface area contributed by atoms with Gasteiger partial charge in [0, 0.05) is 11.7 Å². The lowest BCUT2D eigenvalue weighted by molar-refractivity contribution is 0.629. The van der Waals surface area contributed by atoms with Gasteiger partial charge in [0.25, 0.3) is 0 Å². The molecule has 1 aromatic heterocycles. The largest absolute Gasteiger partial charge is 0.335 e. The third kappa shape index (κ3) is 2.60. The van der Waals surface area contributed by atoms with E-state index in [2.05, 4.69) is 10.2 Å². The Morgan fingerprint density at radius 2 is 2.10 bits per heavy atom. The first-order valence-electron chi connectivity index (χ1n) is 5.95. The van der Waals surface area contributed by atoms with Crippen LogP contribution >= 0.6 is 35.0 Å². The van der Waals surface area contributed by atoms with E-state index in [0.717, 1.165) is 6.42 Å². The highest BCUT2D eigenvalue weighted by Crippen LogP contribution is 2.54. The molecule has 0 radical (unpaired) electrons. The Morgan fingerprint density at radius 1 is 1.40 bits per heavy atom. The quantitative estimate of drug-likeness (QED) is 0.531. The molecule has 0 bridgehead atoms. The number of alkyl halides is 2. The second kappa shape index (κ2) is 5.09. The molecule has 0 saturated heterocycles. The van der Waals surface area contributed by atoms with Crippen molar-refractivity contribution in [2.75, 3.05) is 11.6 Å². The minimum atomic E-state index is -0.624. The minimum absolute atomic E-state index is 0.226. The molecule has 1 aliphatic carbocycles. The summed E-state index contributed by atoms with van der Waals surface area (Å²) in [5.74, 6) is 6.76. The number of hydrogen-bond acceptors (Lipinski definition) is 4. The summed E-state index contributed by atoms with van der Waals surface area (Å²) in [5.41, 5.74) is 0.324. The van der Waals surface area contributed by atoms with Crippen molar-refractivity contribution in [1.82, 2.24) is 14.9 Å². The van der Waals surface area contributed by atoms with Gasteiger partial charge in [-0.1, -0.05) is 23.9 Å². The number of aromatic nitrogens is 3. The predicted octanol–water partition coefficient (Wildman–Crippen LogP) is 3.08. The molecular weight excluding hydrogens is 322 g/mol. The third-order valence-electron chi connectivity index (χ3n) is 3.15. The van der Waals surface area contributed by atoms with Crippen LogP contribution in [0.2, 0.25) is 0 Å². The number of thioether (sulfide) groups is 1. The van der Waals surface area contributed by atoms with Crippen LogP contribution in [0.1, 0.15) is 6.42 Å². The van der Waals surface area contributed by atoms with Crippen molar-refractivity contribution in [1.29, 1.82) is 0 Å². The van der Waals surface area contributed by atoms with E-state index in [9.17, 15) is 4.39 Å². The second-order valence-electron chi connectivity index (χ2n) is 4.63. The number of nitrogens with zero attached hydrogens (tertiary/aromatic N) is 3. The van der Waals surface area contributed by atoms with Gasteiger partial charge in [0.2, 0.25) is 5.16 Å². The van der Waals surface area contributed by atoms with Gasteiger partial charge in [0.15, 0.2) is 5.82 Å². The van der Waals surface area contributed by atoms with Crippen LogP contribution in [0.5, 0.6) is 0 Å². The Balaban J connectivity index is 1.77. The molecule has 1 saturated carbocycles. The Bertz CT molecular complexity index is 646. The smallest absolute Gasteiger partial charge is 0.210 e. The monoisotopic (exact) mass is 332 g/mol. The SMILES string of the molecule is Nn1c(SC[C@@H]2CC2(Cl)Cl)nnc1-c1ccccc1F. The minimum Gasteiger partial charge on any atom is -0.335 e. The van der Waals surface area contributed by atoms with Crippen LogP contribution in [0.15, 0.2) is 29.4 Å². The van der Waals surface area contributed by atoms with Crippen molar-refractivity contribution >= 4 is 35.0 Å². The fourth-order valence-corrected chi connectivity index (χ4v) is 3.61. The Hall–Kier alpha value is -0.980. The number of rotatable bonds is 4.